The minimum atomic E-state index is -0.782. The number of aromatic nitrogens is 2. The van der Waals surface area contributed by atoms with Crippen molar-refractivity contribution >= 4 is 56.1 Å². The summed E-state index contributed by atoms with van der Waals surface area (Å²) >= 11 is 1.04. The van der Waals surface area contributed by atoms with Gasteiger partial charge in [0.25, 0.3) is 0 Å². The van der Waals surface area contributed by atoms with Gasteiger partial charge < -0.3 is 9.15 Å². The number of rotatable bonds is 7. The first-order valence-electron chi connectivity index (χ1n) is 10.9. The van der Waals surface area contributed by atoms with Crippen molar-refractivity contribution in [3.63, 3.8) is 0 Å². The highest BCUT2D eigenvalue weighted by Crippen LogP contribution is 2.31. The van der Waals surface area contributed by atoms with Crippen LogP contribution in [0.2, 0.25) is 0 Å². The molecule has 0 aliphatic carbocycles. The zero-order valence-corrected chi connectivity index (χ0v) is 20.2. The van der Waals surface area contributed by atoms with Gasteiger partial charge in [-0.25, -0.2) is 18.6 Å². The SMILES string of the molecule is Cl.O=C(Cn1c(=O)oc2ccccc21)N(CCCN1CCOCC1)c1nc2c(F)cc(F)cc2s1. The largest absolute Gasteiger partial charge is 0.420 e. The normalized spacial score (nSPS) is 14.3. The van der Waals surface area contributed by atoms with Crippen molar-refractivity contribution in [2.75, 3.05) is 44.3 Å². The Morgan fingerprint density at radius 2 is 1.94 bits per heavy atom. The molecule has 0 unspecified atom stereocenters. The summed E-state index contributed by atoms with van der Waals surface area (Å²) in [5.41, 5.74) is 0.904. The second kappa shape index (κ2) is 10.8. The minimum absolute atomic E-state index is 0. The van der Waals surface area contributed by atoms with Crippen molar-refractivity contribution < 1.29 is 22.7 Å². The van der Waals surface area contributed by atoms with Gasteiger partial charge in [-0.1, -0.05) is 23.5 Å². The molecule has 1 saturated heterocycles. The number of carbonyl (C=O) groups is 1. The molecule has 35 heavy (non-hydrogen) atoms. The van der Waals surface area contributed by atoms with E-state index in [1.807, 2.05) is 0 Å². The number of oxazole rings is 1. The number of amides is 1. The highest BCUT2D eigenvalue weighted by atomic mass is 35.5. The summed E-state index contributed by atoms with van der Waals surface area (Å²) in [6.07, 6.45) is 0.638. The van der Waals surface area contributed by atoms with E-state index in [2.05, 4.69) is 9.88 Å². The lowest BCUT2D eigenvalue weighted by Crippen LogP contribution is -2.40. The second-order valence-electron chi connectivity index (χ2n) is 8.01. The fourth-order valence-electron chi connectivity index (χ4n) is 4.05. The summed E-state index contributed by atoms with van der Waals surface area (Å²) in [5, 5.41) is 0.257. The van der Waals surface area contributed by atoms with Crippen LogP contribution in [-0.4, -0.2) is 59.8 Å². The fourth-order valence-corrected chi connectivity index (χ4v) is 5.10. The van der Waals surface area contributed by atoms with Gasteiger partial charge in [0.1, 0.15) is 17.9 Å². The number of ether oxygens (including phenoxy) is 1. The van der Waals surface area contributed by atoms with Gasteiger partial charge in [-0.15, -0.1) is 12.4 Å². The number of halogens is 3. The first kappa shape index (κ1) is 25.2. The number of para-hydroxylation sites is 2. The lowest BCUT2D eigenvalue weighted by Gasteiger charge is -2.27. The Kier molecular flexibility index (Phi) is 7.80. The van der Waals surface area contributed by atoms with Gasteiger partial charge in [-0.2, -0.15) is 0 Å². The standard InChI is InChI=1S/C23H22F2N4O4S.ClH/c24-15-12-16(25)21-19(13-15)34-22(26-21)28(7-3-6-27-8-10-32-11-9-27)20(30)14-29-17-4-1-2-5-18(17)33-23(29)31;/h1-2,4-5,12-13H,3,6-11,14H2;1H. The summed E-state index contributed by atoms with van der Waals surface area (Å²) in [4.78, 5) is 33.8. The molecule has 0 atom stereocenters. The molecule has 4 aromatic rings. The quantitative estimate of drug-likeness (QED) is 0.367. The molecule has 0 spiro atoms. The molecular weight excluding hydrogens is 502 g/mol. The third-order valence-corrected chi connectivity index (χ3v) is 6.79. The summed E-state index contributed by atoms with van der Waals surface area (Å²) in [7, 11) is 0. The van der Waals surface area contributed by atoms with E-state index in [9.17, 15) is 18.4 Å². The maximum atomic E-state index is 14.3. The Balaban J connectivity index is 0.00000289. The van der Waals surface area contributed by atoms with Crippen LogP contribution in [0.5, 0.6) is 0 Å². The van der Waals surface area contributed by atoms with Crippen LogP contribution in [0, 0.1) is 11.6 Å². The number of carbonyl (C=O) groups excluding carboxylic acids is 1. The smallest absolute Gasteiger partial charge is 0.408 e. The first-order chi connectivity index (χ1) is 16.5. The number of benzene rings is 2. The maximum Gasteiger partial charge on any atom is 0.420 e. The lowest BCUT2D eigenvalue weighted by atomic mass is 10.3. The molecule has 1 aliphatic heterocycles. The molecule has 0 radical (unpaired) electrons. The van der Waals surface area contributed by atoms with Crippen LogP contribution in [0.4, 0.5) is 13.9 Å². The van der Waals surface area contributed by atoms with E-state index in [0.717, 1.165) is 37.0 Å². The summed E-state index contributed by atoms with van der Waals surface area (Å²) in [5.74, 6) is -2.52. The Labute approximate surface area is 209 Å². The van der Waals surface area contributed by atoms with Crippen LogP contribution in [0.3, 0.4) is 0 Å². The van der Waals surface area contributed by atoms with Crippen LogP contribution in [-0.2, 0) is 16.1 Å². The molecule has 12 heteroatoms. The van der Waals surface area contributed by atoms with Crippen molar-refractivity contribution in [2.24, 2.45) is 0 Å². The van der Waals surface area contributed by atoms with Crippen LogP contribution in [0.25, 0.3) is 21.3 Å². The van der Waals surface area contributed by atoms with Crippen LogP contribution < -0.4 is 10.7 Å². The van der Waals surface area contributed by atoms with Gasteiger partial charge in [-0.05, 0) is 24.6 Å². The number of thiazole rings is 1. The van der Waals surface area contributed by atoms with Gasteiger partial charge in [0.15, 0.2) is 16.5 Å². The molecule has 0 bridgehead atoms. The average molecular weight is 525 g/mol. The van der Waals surface area contributed by atoms with Crippen molar-refractivity contribution in [3.05, 3.63) is 58.6 Å². The predicted octanol–water partition coefficient (Wildman–Crippen LogP) is 3.66. The average Bonchev–Trinajstić information content (AvgIpc) is 3.38. The molecule has 5 rings (SSSR count). The molecule has 2 aromatic carbocycles. The predicted molar refractivity (Wildman–Crippen MR) is 131 cm³/mol. The van der Waals surface area contributed by atoms with E-state index in [4.69, 9.17) is 9.15 Å². The highest BCUT2D eigenvalue weighted by molar-refractivity contribution is 7.22. The second-order valence-corrected chi connectivity index (χ2v) is 9.01. The Hall–Kier alpha value is -2.86. The molecule has 0 saturated carbocycles. The molecule has 3 heterocycles. The van der Waals surface area contributed by atoms with Gasteiger partial charge in [0.05, 0.1) is 23.4 Å². The Bertz CT molecular complexity index is 1400. The number of fused-ring (bicyclic) bond motifs is 2. The third-order valence-electron chi connectivity index (χ3n) is 5.76. The molecule has 1 fully saturated rings. The molecule has 0 N–H and O–H groups in total. The number of anilines is 1. The molecule has 186 valence electrons. The van der Waals surface area contributed by atoms with Crippen molar-refractivity contribution in [1.82, 2.24) is 14.5 Å². The van der Waals surface area contributed by atoms with Crippen molar-refractivity contribution in [2.45, 2.75) is 13.0 Å². The molecule has 1 aliphatic rings. The van der Waals surface area contributed by atoms with Gasteiger partial charge in [0.2, 0.25) is 5.91 Å². The van der Waals surface area contributed by atoms with E-state index in [1.165, 1.54) is 15.5 Å². The summed E-state index contributed by atoms with van der Waals surface area (Å²) < 4.78 is 40.2. The van der Waals surface area contributed by atoms with E-state index in [1.54, 1.807) is 24.3 Å². The zero-order chi connectivity index (χ0) is 23.7. The third kappa shape index (κ3) is 5.37. The van der Waals surface area contributed by atoms with E-state index >= 15 is 0 Å². The number of hydrogen-bond donors (Lipinski definition) is 0. The minimum Gasteiger partial charge on any atom is -0.408 e. The zero-order valence-electron chi connectivity index (χ0n) is 18.6. The fraction of sp³-hybridized carbons (Fsp3) is 0.348. The highest BCUT2D eigenvalue weighted by Gasteiger charge is 2.24. The number of morpholine rings is 1. The molecule has 1 amide bonds. The van der Waals surface area contributed by atoms with Gasteiger partial charge >= 0.3 is 5.76 Å². The number of nitrogens with zero attached hydrogens (tertiary/aromatic N) is 4. The molecule has 2 aromatic heterocycles. The van der Waals surface area contributed by atoms with Crippen LogP contribution in [0.1, 0.15) is 6.42 Å². The topological polar surface area (TPSA) is 80.8 Å². The monoisotopic (exact) mass is 524 g/mol. The Morgan fingerprint density at radius 3 is 2.74 bits per heavy atom. The summed E-state index contributed by atoms with van der Waals surface area (Å²) in [6.45, 7) is 3.76. The number of hydrogen-bond acceptors (Lipinski definition) is 7. The van der Waals surface area contributed by atoms with Crippen LogP contribution >= 0.6 is 23.7 Å². The van der Waals surface area contributed by atoms with Crippen molar-refractivity contribution in [1.29, 1.82) is 0 Å². The van der Waals surface area contributed by atoms with Gasteiger partial charge in [-0.3, -0.25) is 19.2 Å². The summed E-state index contributed by atoms with van der Waals surface area (Å²) in [6, 6.07) is 8.82. The molecule has 8 nitrogen and oxygen atoms in total. The van der Waals surface area contributed by atoms with E-state index in [-0.39, 0.29) is 29.6 Å². The Morgan fingerprint density at radius 1 is 1.17 bits per heavy atom. The van der Waals surface area contributed by atoms with Crippen molar-refractivity contribution in [3.8, 4) is 0 Å². The molecular formula is C23H23ClF2N4O4S. The van der Waals surface area contributed by atoms with E-state index < -0.39 is 23.3 Å². The van der Waals surface area contributed by atoms with Gasteiger partial charge in [0, 0.05) is 32.2 Å². The van der Waals surface area contributed by atoms with Crippen LogP contribution in [0.15, 0.2) is 45.6 Å². The first-order valence-corrected chi connectivity index (χ1v) is 11.8. The lowest BCUT2D eigenvalue weighted by molar-refractivity contribution is -0.119. The van der Waals surface area contributed by atoms with E-state index in [0.29, 0.717) is 42.0 Å². The maximum absolute atomic E-state index is 14.3.